The molecule has 3 heteroatoms. The Bertz CT molecular complexity index is 611. The zero-order chi connectivity index (χ0) is 13.0. The lowest BCUT2D eigenvalue weighted by molar-refractivity contribution is 0.500. The van der Waals surface area contributed by atoms with Crippen LogP contribution in [-0.4, -0.2) is 4.89 Å². The van der Waals surface area contributed by atoms with E-state index in [0.29, 0.717) is 5.30 Å². The third-order valence-corrected chi connectivity index (χ3v) is 4.57. The number of fused-ring (bicyclic) bond motifs is 1. The topological polar surface area (TPSA) is 37.3 Å². The van der Waals surface area contributed by atoms with E-state index in [4.69, 9.17) is 0 Å². The van der Waals surface area contributed by atoms with Gasteiger partial charge < -0.3 is 4.89 Å². The lowest BCUT2D eigenvalue weighted by Crippen LogP contribution is -2.03. The number of benzene rings is 2. The van der Waals surface area contributed by atoms with E-state index < -0.39 is 7.37 Å². The van der Waals surface area contributed by atoms with Gasteiger partial charge in [0.15, 0.2) is 0 Å². The van der Waals surface area contributed by atoms with Crippen molar-refractivity contribution in [2.24, 2.45) is 0 Å². The number of rotatable bonds is 4. The highest BCUT2D eigenvalue weighted by molar-refractivity contribution is 7.69. The monoisotopic (exact) mass is 260 g/mol. The molecule has 0 aliphatic carbocycles. The Morgan fingerprint density at radius 2 is 1.89 bits per heavy atom. The molecule has 18 heavy (non-hydrogen) atoms. The highest BCUT2D eigenvalue weighted by Gasteiger charge is 2.19. The highest BCUT2D eigenvalue weighted by atomic mass is 31.2. The maximum Gasteiger partial charge on any atom is 0.252 e. The van der Waals surface area contributed by atoms with Gasteiger partial charge in [0.2, 0.25) is 0 Å². The highest BCUT2D eigenvalue weighted by Crippen LogP contribution is 2.43. The quantitative estimate of drug-likeness (QED) is 0.842. The van der Waals surface area contributed by atoms with Crippen LogP contribution in [0.2, 0.25) is 0 Å². The zero-order valence-electron chi connectivity index (χ0n) is 10.4. The second-order valence-electron chi connectivity index (χ2n) is 4.29. The molecule has 0 bridgehead atoms. The van der Waals surface area contributed by atoms with Crippen molar-refractivity contribution in [2.75, 3.05) is 0 Å². The Balaban J connectivity index is 2.50. The Morgan fingerprint density at radius 1 is 1.17 bits per heavy atom. The average molecular weight is 260 g/mol. The fourth-order valence-electron chi connectivity index (χ4n) is 1.95. The molecule has 2 aromatic carbocycles. The molecule has 0 heterocycles. The molecule has 0 spiro atoms. The van der Waals surface area contributed by atoms with Crippen LogP contribution in [-0.2, 0) is 4.57 Å². The molecule has 0 aromatic heterocycles. The van der Waals surface area contributed by atoms with Gasteiger partial charge in [0, 0.05) is 11.1 Å². The van der Waals surface area contributed by atoms with E-state index in [0.717, 1.165) is 23.6 Å². The molecular formula is C15H17O2P. The molecule has 0 amide bonds. The Hall–Kier alpha value is -1.37. The maximum absolute atomic E-state index is 12.4. The molecule has 0 aliphatic heterocycles. The number of hydrogen-bond donors (Lipinski definition) is 1. The van der Waals surface area contributed by atoms with E-state index in [1.54, 1.807) is 12.1 Å². The molecule has 2 rings (SSSR count). The molecule has 2 aromatic rings. The number of allylic oxidation sites excluding steroid dienone is 1. The molecule has 1 unspecified atom stereocenters. The first-order valence-corrected chi connectivity index (χ1v) is 7.86. The molecule has 0 aliphatic rings. The van der Waals surface area contributed by atoms with Crippen molar-refractivity contribution >= 4 is 23.4 Å². The average Bonchev–Trinajstić information content (AvgIpc) is 2.38. The van der Waals surface area contributed by atoms with E-state index in [9.17, 15) is 9.46 Å². The molecule has 1 atom stereocenters. The van der Waals surface area contributed by atoms with Gasteiger partial charge in [-0.05, 0) is 23.3 Å². The minimum Gasteiger partial charge on any atom is -0.338 e. The van der Waals surface area contributed by atoms with Crippen molar-refractivity contribution in [1.29, 1.82) is 0 Å². The van der Waals surface area contributed by atoms with Gasteiger partial charge in [0.05, 0.1) is 0 Å². The fraction of sp³-hybridized carbons (Fsp3) is 0.200. The summed E-state index contributed by atoms with van der Waals surface area (Å²) >= 11 is 0. The zero-order valence-corrected chi connectivity index (χ0v) is 11.3. The van der Waals surface area contributed by atoms with Crippen LogP contribution in [0.5, 0.6) is 0 Å². The van der Waals surface area contributed by atoms with E-state index in [1.165, 1.54) is 5.82 Å². The van der Waals surface area contributed by atoms with Gasteiger partial charge in [-0.3, -0.25) is 4.57 Å². The van der Waals surface area contributed by atoms with E-state index >= 15 is 0 Å². The molecular weight excluding hydrogens is 243 g/mol. The second-order valence-corrected chi connectivity index (χ2v) is 6.32. The van der Waals surface area contributed by atoms with Crippen LogP contribution in [0.3, 0.4) is 0 Å². The normalized spacial score (nSPS) is 15.0. The smallest absolute Gasteiger partial charge is 0.252 e. The predicted octanol–water partition coefficient (Wildman–Crippen LogP) is 4.05. The molecule has 2 nitrogen and oxygen atoms in total. The van der Waals surface area contributed by atoms with Gasteiger partial charge in [0.25, 0.3) is 7.37 Å². The summed E-state index contributed by atoms with van der Waals surface area (Å²) in [5, 5.41) is 2.37. The first-order valence-electron chi connectivity index (χ1n) is 6.13. The van der Waals surface area contributed by atoms with Crippen molar-refractivity contribution < 1.29 is 9.46 Å². The standard InChI is InChI=1S/C15H17O2P/c1-2-3-6-12-18(16,17)15-11-7-9-13-8-4-5-10-14(13)15/h4-12H,2-3H2,1H3,(H,16,17). The van der Waals surface area contributed by atoms with Crippen LogP contribution >= 0.6 is 7.37 Å². The van der Waals surface area contributed by atoms with Crippen LogP contribution in [0.25, 0.3) is 10.8 Å². The third-order valence-electron chi connectivity index (χ3n) is 2.87. The third kappa shape index (κ3) is 2.72. The van der Waals surface area contributed by atoms with Gasteiger partial charge in [-0.2, -0.15) is 0 Å². The minimum atomic E-state index is -3.40. The predicted molar refractivity (Wildman–Crippen MR) is 77.5 cm³/mol. The summed E-state index contributed by atoms with van der Waals surface area (Å²) in [7, 11) is -3.40. The lowest BCUT2D eigenvalue weighted by Gasteiger charge is -2.10. The van der Waals surface area contributed by atoms with Gasteiger partial charge in [0.1, 0.15) is 0 Å². The van der Waals surface area contributed by atoms with Gasteiger partial charge in [-0.1, -0.05) is 55.8 Å². The van der Waals surface area contributed by atoms with Crippen molar-refractivity contribution in [3.05, 3.63) is 54.4 Å². The number of unbranched alkanes of at least 4 members (excludes halogenated alkanes) is 1. The van der Waals surface area contributed by atoms with Crippen molar-refractivity contribution in [3.8, 4) is 0 Å². The lowest BCUT2D eigenvalue weighted by atomic mass is 10.1. The van der Waals surface area contributed by atoms with Crippen molar-refractivity contribution in [1.82, 2.24) is 0 Å². The second kappa shape index (κ2) is 5.51. The Labute approximate surface area is 107 Å². The summed E-state index contributed by atoms with van der Waals surface area (Å²) in [6, 6.07) is 13.2. The van der Waals surface area contributed by atoms with Crippen LogP contribution in [0, 0.1) is 0 Å². The Kier molecular flexibility index (Phi) is 4.00. The summed E-state index contributed by atoms with van der Waals surface area (Å²) in [4.78, 5) is 10.2. The minimum absolute atomic E-state index is 0.521. The summed E-state index contributed by atoms with van der Waals surface area (Å²) in [5.74, 6) is 1.46. The van der Waals surface area contributed by atoms with Crippen molar-refractivity contribution in [2.45, 2.75) is 19.8 Å². The molecule has 0 radical (unpaired) electrons. The van der Waals surface area contributed by atoms with E-state index in [-0.39, 0.29) is 0 Å². The van der Waals surface area contributed by atoms with E-state index in [1.807, 2.05) is 43.3 Å². The fourth-order valence-corrected chi connectivity index (χ4v) is 3.40. The molecule has 0 saturated heterocycles. The van der Waals surface area contributed by atoms with Crippen LogP contribution in [0.15, 0.2) is 54.4 Å². The van der Waals surface area contributed by atoms with E-state index in [2.05, 4.69) is 0 Å². The van der Waals surface area contributed by atoms with Crippen LogP contribution in [0.4, 0.5) is 0 Å². The Morgan fingerprint density at radius 3 is 2.67 bits per heavy atom. The van der Waals surface area contributed by atoms with Crippen LogP contribution < -0.4 is 5.30 Å². The van der Waals surface area contributed by atoms with Gasteiger partial charge in [-0.25, -0.2) is 0 Å². The first kappa shape index (κ1) is 13.1. The first-order chi connectivity index (χ1) is 8.65. The molecule has 94 valence electrons. The molecule has 0 fully saturated rings. The van der Waals surface area contributed by atoms with Gasteiger partial charge in [-0.15, -0.1) is 0 Å². The summed E-state index contributed by atoms with van der Waals surface area (Å²) in [6.07, 6.45) is 3.60. The van der Waals surface area contributed by atoms with Crippen LogP contribution in [0.1, 0.15) is 19.8 Å². The summed E-state index contributed by atoms with van der Waals surface area (Å²) < 4.78 is 12.4. The van der Waals surface area contributed by atoms with Crippen molar-refractivity contribution in [3.63, 3.8) is 0 Å². The molecule has 0 saturated carbocycles. The van der Waals surface area contributed by atoms with Gasteiger partial charge >= 0.3 is 0 Å². The maximum atomic E-state index is 12.4. The molecule has 1 N–H and O–H groups in total. The summed E-state index contributed by atoms with van der Waals surface area (Å²) in [5.41, 5.74) is 0. The largest absolute Gasteiger partial charge is 0.338 e. The summed E-state index contributed by atoms with van der Waals surface area (Å²) in [6.45, 7) is 2.05. The SMILES string of the molecule is CCCC=CP(=O)(O)c1cccc2ccccc12. The number of hydrogen-bond acceptors (Lipinski definition) is 1.